The molecule has 0 atom stereocenters. The van der Waals surface area contributed by atoms with Crippen LogP contribution in [0.4, 0.5) is 15.3 Å². The van der Waals surface area contributed by atoms with Crippen LogP contribution in [0.25, 0.3) is 0 Å². The number of alkyl carbamates (subject to hydrolysis) is 1. The second kappa shape index (κ2) is 20.0. The van der Waals surface area contributed by atoms with E-state index in [0.29, 0.717) is 23.6 Å². The van der Waals surface area contributed by atoms with Crippen molar-refractivity contribution in [3.63, 3.8) is 0 Å². The minimum atomic E-state index is -0.940. The Morgan fingerprint density at radius 3 is 1.95 bits per heavy atom. The molecule has 3 rings (SSSR count). The van der Waals surface area contributed by atoms with Crippen LogP contribution in [-0.2, 0) is 42.2 Å². The van der Waals surface area contributed by atoms with E-state index >= 15 is 0 Å². The summed E-state index contributed by atoms with van der Waals surface area (Å²) in [5.41, 5.74) is 1.01. The number of halogens is 1. The van der Waals surface area contributed by atoms with Gasteiger partial charge in [0.15, 0.2) is 0 Å². The van der Waals surface area contributed by atoms with E-state index < -0.39 is 40.9 Å². The molecule has 3 aromatic rings. The number of carbonyl (C=O) groups is 5. The molecule has 14 heteroatoms. The molecule has 3 amide bonds. The normalized spacial score (nSPS) is 12.3. The lowest BCUT2D eigenvalue weighted by molar-refractivity contribution is -0.159. The van der Waals surface area contributed by atoms with Crippen molar-refractivity contribution in [2.75, 3.05) is 11.9 Å². The van der Waals surface area contributed by atoms with Gasteiger partial charge in [0.05, 0.1) is 5.56 Å². The number of anilines is 1. The summed E-state index contributed by atoms with van der Waals surface area (Å²) in [7, 11) is 0. The van der Waals surface area contributed by atoms with Gasteiger partial charge in [0, 0.05) is 23.7 Å². The number of nitrogens with one attached hydrogen (secondary N) is 2. The standard InChI is InChI=1S/C45H59ClN4O9/c1-42(2,3)32-17-13-15-29(25-32)27-50(28-37(52)57-43(4,5)6)36(51)18-14-16-30-21-24-34(26-35(30)46)56-38(53)31-19-22-33(23-20-31)47-39(48-40(54)58-44(7,8)9)49-41(55)59-45(10,11)12/h13,15,17,19-26H,14,16,18,27-28H2,1-12H3,(H2,47,48,49,54,55). The number of benzene rings is 3. The Bertz CT molecular complexity index is 2000. The number of ether oxygens (including phenoxy) is 4. The van der Waals surface area contributed by atoms with Crippen LogP contribution in [0.1, 0.15) is 123 Å². The van der Waals surface area contributed by atoms with Crippen molar-refractivity contribution in [2.45, 2.75) is 131 Å². The molecule has 59 heavy (non-hydrogen) atoms. The van der Waals surface area contributed by atoms with Gasteiger partial charge in [0.1, 0.15) is 29.1 Å². The molecule has 0 aliphatic heterocycles. The molecule has 0 spiro atoms. The minimum absolute atomic E-state index is 0.0788. The summed E-state index contributed by atoms with van der Waals surface area (Å²) in [6.45, 7) is 21.9. The number of aliphatic imine (C=N–C) groups is 1. The first-order valence-electron chi connectivity index (χ1n) is 19.4. The van der Waals surface area contributed by atoms with Gasteiger partial charge in [0.2, 0.25) is 11.9 Å². The first kappa shape index (κ1) is 47.9. The van der Waals surface area contributed by atoms with Crippen molar-refractivity contribution in [1.29, 1.82) is 0 Å². The lowest BCUT2D eigenvalue weighted by Gasteiger charge is -2.26. The molecule has 0 aliphatic carbocycles. The van der Waals surface area contributed by atoms with E-state index in [9.17, 15) is 24.0 Å². The SMILES string of the molecule is CC(C)(C)OC(=O)CN(Cc1cccc(C(C)(C)C)c1)C(=O)CCCc1ccc(OC(=O)c2ccc(N/C(=N\C(=O)OC(C)(C)C)NC(=O)OC(C)(C)C)cc2)cc1Cl. The first-order chi connectivity index (χ1) is 27.2. The topological polar surface area (TPSA) is 162 Å². The average Bonchev–Trinajstić information content (AvgIpc) is 3.06. The quantitative estimate of drug-likeness (QED) is 0.0625. The number of amides is 3. The van der Waals surface area contributed by atoms with Crippen molar-refractivity contribution >= 4 is 53.3 Å². The molecule has 320 valence electrons. The Labute approximate surface area is 353 Å². The van der Waals surface area contributed by atoms with E-state index in [2.05, 4.69) is 48.5 Å². The van der Waals surface area contributed by atoms with Crippen LogP contribution < -0.4 is 15.4 Å². The molecule has 0 heterocycles. The van der Waals surface area contributed by atoms with Crippen LogP contribution in [0.2, 0.25) is 5.02 Å². The van der Waals surface area contributed by atoms with Crippen LogP contribution >= 0.6 is 11.6 Å². The molecular weight excluding hydrogens is 776 g/mol. The molecule has 0 bridgehead atoms. The van der Waals surface area contributed by atoms with Crippen molar-refractivity contribution in [1.82, 2.24) is 10.2 Å². The molecule has 2 N–H and O–H groups in total. The van der Waals surface area contributed by atoms with E-state index in [1.54, 1.807) is 74.4 Å². The van der Waals surface area contributed by atoms with Crippen molar-refractivity contribution in [3.05, 3.63) is 94.0 Å². The summed E-state index contributed by atoms with van der Waals surface area (Å²) in [6, 6.07) is 19.0. The highest BCUT2D eigenvalue weighted by Crippen LogP contribution is 2.26. The Hall–Kier alpha value is -5.43. The second-order valence-electron chi connectivity index (χ2n) is 18.1. The lowest BCUT2D eigenvalue weighted by Crippen LogP contribution is -2.40. The summed E-state index contributed by atoms with van der Waals surface area (Å²) in [6.07, 6.45) is -0.686. The van der Waals surface area contributed by atoms with E-state index in [1.165, 1.54) is 35.2 Å². The van der Waals surface area contributed by atoms with Gasteiger partial charge in [-0.1, -0.05) is 62.7 Å². The molecule has 0 saturated heterocycles. The zero-order chi connectivity index (χ0) is 44.3. The molecular formula is C45H59ClN4O9. The number of hydrogen-bond acceptors (Lipinski definition) is 9. The smallest absolute Gasteiger partial charge is 0.437 e. The maximum absolute atomic E-state index is 13.5. The van der Waals surface area contributed by atoms with E-state index in [-0.39, 0.29) is 48.1 Å². The summed E-state index contributed by atoms with van der Waals surface area (Å²) in [5, 5.41) is 5.60. The predicted molar refractivity (Wildman–Crippen MR) is 229 cm³/mol. The van der Waals surface area contributed by atoms with Gasteiger partial charge in [-0.05, 0) is 134 Å². The van der Waals surface area contributed by atoms with Crippen molar-refractivity contribution in [2.24, 2.45) is 4.99 Å². The number of guanidine groups is 1. The largest absolute Gasteiger partial charge is 0.459 e. The number of hydrogen-bond donors (Lipinski definition) is 2. The first-order valence-corrected chi connectivity index (χ1v) is 19.8. The van der Waals surface area contributed by atoms with Crippen LogP contribution in [0.3, 0.4) is 0 Å². The number of aryl methyl sites for hydroxylation is 1. The highest BCUT2D eigenvalue weighted by Gasteiger charge is 2.24. The molecule has 0 aliphatic rings. The fourth-order valence-corrected chi connectivity index (χ4v) is 5.62. The summed E-state index contributed by atoms with van der Waals surface area (Å²) >= 11 is 6.60. The van der Waals surface area contributed by atoms with Crippen molar-refractivity contribution in [3.8, 4) is 5.75 Å². The van der Waals surface area contributed by atoms with Gasteiger partial charge in [-0.2, -0.15) is 0 Å². The predicted octanol–water partition coefficient (Wildman–Crippen LogP) is 9.78. The fourth-order valence-electron chi connectivity index (χ4n) is 5.36. The van der Waals surface area contributed by atoms with E-state index in [1.807, 2.05) is 12.1 Å². The number of carbonyl (C=O) groups excluding carboxylic acids is 5. The summed E-state index contributed by atoms with van der Waals surface area (Å²) < 4.78 is 21.6. The Morgan fingerprint density at radius 1 is 0.746 bits per heavy atom. The molecule has 0 saturated carbocycles. The second-order valence-corrected chi connectivity index (χ2v) is 18.5. The van der Waals surface area contributed by atoms with Gasteiger partial charge in [-0.25, -0.2) is 14.4 Å². The van der Waals surface area contributed by atoms with Crippen LogP contribution in [0.5, 0.6) is 5.75 Å². The summed E-state index contributed by atoms with van der Waals surface area (Å²) in [4.78, 5) is 69.6. The van der Waals surface area contributed by atoms with Gasteiger partial charge in [0.25, 0.3) is 0 Å². The van der Waals surface area contributed by atoms with Crippen LogP contribution in [0, 0.1) is 0 Å². The average molecular weight is 835 g/mol. The third-order valence-electron chi connectivity index (χ3n) is 7.93. The molecule has 0 radical (unpaired) electrons. The van der Waals surface area contributed by atoms with E-state index in [0.717, 1.165) is 16.7 Å². The molecule has 3 aromatic carbocycles. The third kappa shape index (κ3) is 17.9. The lowest BCUT2D eigenvalue weighted by atomic mass is 9.86. The Balaban J connectivity index is 1.64. The zero-order valence-corrected chi connectivity index (χ0v) is 37.1. The minimum Gasteiger partial charge on any atom is -0.459 e. The van der Waals surface area contributed by atoms with Gasteiger partial charge in [-0.3, -0.25) is 14.9 Å². The number of nitrogens with zero attached hydrogens (tertiary/aromatic N) is 2. The fraction of sp³-hybridized carbons (Fsp3) is 0.467. The van der Waals surface area contributed by atoms with Gasteiger partial charge in [-0.15, -0.1) is 4.99 Å². The zero-order valence-electron chi connectivity index (χ0n) is 36.3. The number of rotatable bonds is 11. The molecule has 0 unspecified atom stereocenters. The molecule has 13 nitrogen and oxygen atoms in total. The molecule has 0 aromatic heterocycles. The van der Waals surface area contributed by atoms with Crippen LogP contribution in [-0.4, -0.2) is 64.2 Å². The maximum atomic E-state index is 13.5. The van der Waals surface area contributed by atoms with Crippen LogP contribution in [0.15, 0.2) is 71.7 Å². The number of esters is 2. The highest BCUT2D eigenvalue weighted by atomic mass is 35.5. The third-order valence-corrected chi connectivity index (χ3v) is 8.28. The monoisotopic (exact) mass is 834 g/mol. The maximum Gasteiger partial charge on any atom is 0.437 e. The Kier molecular flexibility index (Phi) is 16.3. The Morgan fingerprint density at radius 2 is 1.37 bits per heavy atom. The van der Waals surface area contributed by atoms with E-state index in [4.69, 9.17) is 30.5 Å². The van der Waals surface area contributed by atoms with Gasteiger partial charge >= 0.3 is 24.1 Å². The highest BCUT2D eigenvalue weighted by molar-refractivity contribution is 6.31. The summed E-state index contributed by atoms with van der Waals surface area (Å²) in [5.74, 6) is -1.35. The molecule has 0 fully saturated rings. The van der Waals surface area contributed by atoms with Gasteiger partial charge < -0.3 is 29.2 Å². The van der Waals surface area contributed by atoms with Crippen molar-refractivity contribution < 1.29 is 42.9 Å².